The first-order valence-electron chi connectivity index (χ1n) is 6.27. The molecule has 3 rings (SSSR count). The Labute approximate surface area is 119 Å². The molecule has 0 fully saturated rings. The molecule has 0 radical (unpaired) electrons. The summed E-state index contributed by atoms with van der Waals surface area (Å²) in [7, 11) is 0. The number of nitrogens with one attached hydrogen (secondary N) is 1. The summed E-state index contributed by atoms with van der Waals surface area (Å²) in [6.45, 7) is 1.77. The minimum atomic E-state index is -0.406. The number of nitrogens with zero attached hydrogens (tertiary/aromatic N) is 1. The van der Waals surface area contributed by atoms with Gasteiger partial charge in [0.2, 0.25) is 0 Å². The lowest BCUT2D eigenvalue weighted by Gasteiger charge is -2.03. The summed E-state index contributed by atoms with van der Waals surface area (Å²) in [4.78, 5) is 15.0. The number of halogens is 1. The number of aromatic amines is 1. The molecular formula is C15H12FN3O2. The van der Waals surface area contributed by atoms with E-state index in [1.807, 2.05) is 0 Å². The van der Waals surface area contributed by atoms with E-state index in [0.717, 1.165) is 5.69 Å². The second kappa shape index (κ2) is 4.90. The van der Waals surface area contributed by atoms with Gasteiger partial charge in [-0.15, -0.1) is 0 Å². The van der Waals surface area contributed by atoms with E-state index < -0.39 is 5.82 Å². The van der Waals surface area contributed by atoms with Crippen molar-refractivity contribution in [1.82, 2.24) is 10.1 Å². The molecule has 0 saturated carbocycles. The smallest absolute Gasteiger partial charge is 0.192 e. The van der Waals surface area contributed by atoms with Crippen molar-refractivity contribution < 1.29 is 8.91 Å². The minimum absolute atomic E-state index is 0.107. The molecule has 2 heterocycles. The fourth-order valence-corrected chi connectivity index (χ4v) is 2.16. The first-order chi connectivity index (χ1) is 10.1. The third kappa shape index (κ3) is 2.31. The van der Waals surface area contributed by atoms with E-state index in [4.69, 9.17) is 10.3 Å². The lowest BCUT2D eigenvalue weighted by molar-refractivity contribution is 0.435. The predicted molar refractivity (Wildman–Crippen MR) is 77.1 cm³/mol. The van der Waals surface area contributed by atoms with Crippen molar-refractivity contribution in [2.75, 3.05) is 5.73 Å². The predicted octanol–water partition coefficient (Wildman–Crippen LogP) is 2.73. The molecule has 0 bridgehead atoms. The molecule has 0 saturated heterocycles. The topological polar surface area (TPSA) is 84.9 Å². The highest BCUT2D eigenvalue weighted by Gasteiger charge is 2.20. The lowest BCUT2D eigenvalue weighted by Crippen LogP contribution is -2.05. The highest BCUT2D eigenvalue weighted by Crippen LogP contribution is 2.35. The molecule has 0 aliphatic heterocycles. The molecule has 3 N–H and O–H groups in total. The Morgan fingerprint density at radius 2 is 2.14 bits per heavy atom. The van der Waals surface area contributed by atoms with Crippen molar-refractivity contribution in [3.05, 3.63) is 58.3 Å². The zero-order valence-electron chi connectivity index (χ0n) is 11.2. The summed E-state index contributed by atoms with van der Waals surface area (Å²) in [6.07, 6.45) is 1.53. The summed E-state index contributed by atoms with van der Waals surface area (Å²) in [6, 6.07) is 7.32. The number of aromatic nitrogens is 2. The van der Waals surface area contributed by atoms with Gasteiger partial charge in [-0.2, -0.15) is 0 Å². The lowest BCUT2D eigenvalue weighted by atomic mass is 10.0. The molecule has 1 aromatic carbocycles. The quantitative estimate of drug-likeness (QED) is 0.758. The SMILES string of the molecule is Cc1cc(=O)c(-c2onc(N)c2-c2cccc(F)c2)c[nH]1. The van der Waals surface area contributed by atoms with Crippen LogP contribution in [0.15, 0.2) is 45.8 Å². The van der Waals surface area contributed by atoms with Crippen LogP contribution in [0.4, 0.5) is 10.2 Å². The number of hydrogen-bond acceptors (Lipinski definition) is 4. The molecule has 6 heteroatoms. The van der Waals surface area contributed by atoms with Crippen molar-refractivity contribution in [2.24, 2.45) is 0 Å². The van der Waals surface area contributed by atoms with Crippen LogP contribution in [0.25, 0.3) is 22.5 Å². The molecule has 3 aromatic rings. The van der Waals surface area contributed by atoms with Crippen molar-refractivity contribution in [2.45, 2.75) is 6.92 Å². The molecular weight excluding hydrogens is 273 g/mol. The van der Waals surface area contributed by atoms with Gasteiger partial charge >= 0.3 is 0 Å². The van der Waals surface area contributed by atoms with Crippen LogP contribution in [0.2, 0.25) is 0 Å². The van der Waals surface area contributed by atoms with E-state index in [2.05, 4.69) is 10.1 Å². The number of benzene rings is 1. The molecule has 0 atom stereocenters. The van der Waals surface area contributed by atoms with Gasteiger partial charge in [-0.25, -0.2) is 4.39 Å². The highest BCUT2D eigenvalue weighted by atomic mass is 19.1. The van der Waals surface area contributed by atoms with Gasteiger partial charge in [-0.3, -0.25) is 4.79 Å². The monoisotopic (exact) mass is 285 g/mol. The van der Waals surface area contributed by atoms with Crippen LogP contribution in [-0.4, -0.2) is 10.1 Å². The zero-order valence-corrected chi connectivity index (χ0v) is 11.2. The van der Waals surface area contributed by atoms with Gasteiger partial charge in [0.1, 0.15) is 5.82 Å². The Morgan fingerprint density at radius 3 is 2.86 bits per heavy atom. The number of aryl methyl sites for hydroxylation is 1. The highest BCUT2D eigenvalue weighted by molar-refractivity contribution is 5.86. The van der Waals surface area contributed by atoms with Gasteiger partial charge in [0, 0.05) is 18.0 Å². The first-order valence-corrected chi connectivity index (χ1v) is 6.27. The van der Waals surface area contributed by atoms with E-state index in [0.29, 0.717) is 16.7 Å². The molecule has 0 spiro atoms. The fourth-order valence-electron chi connectivity index (χ4n) is 2.16. The standard InChI is InChI=1S/C15H12FN3O2/c1-8-5-12(20)11(7-18-8)14-13(15(17)19-21-14)9-3-2-4-10(16)6-9/h2-7H,1H3,(H2,17,19)(H,18,20). The Hall–Kier alpha value is -2.89. The molecule has 5 nitrogen and oxygen atoms in total. The Bertz CT molecular complexity index is 867. The van der Waals surface area contributed by atoms with Gasteiger partial charge < -0.3 is 15.2 Å². The van der Waals surface area contributed by atoms with Crippen LogP contribution in [0.5, 0.6) is 0 Å². The molecule has 0 amide bonds. The summed E-state index contributed by atoms with van der Waals surface area (Å²) in [5.41, 5.74) is 7.51. The summed E-state index contributed by atoms with van der Waals surface area (Å²) < 4.78 is 18.6. The Kier molecular flexibility index (Phi) is 3.06. The summed E-state index contributed by atoms with van der Waals surface area (Å²) in [5.74, 6) is -0.0770. The van der Waals surface area contributed by atoms with Crippen LogP contribution in [0, 0.1) is 12.7 Å². The van der Waals surface area contributed by atoms with Crippen molar-refractivity contribution in [3.8, 4) is 22.5 Å². The van der Waals surface area contributed by atoms with Crippen LogP contribution < -0.4 is 11.2 Å². The van der Waals surface area contributed by atoms with Gasteiger partial charge in [-0.1, -0.05) is 17.3 Å². The normalized spacial score (nSPS) is 10.8. The van der Waals surface area contributed by atoms with Gasteiger partial charge in [-0.05, 0) is 24.6 Å². The van der Waals surface area contributed by atoms with Crippen LogP contribution in [0.3, 0.4) is 0 Å². The maximum absolute atomic E-state index is 13.4. The zero-order chi connectivity index (χ0) is 15.0. The maximum atomic E-state index is 13.4. The minimum Gasteiger partial charge on any atom is -0.380 e. The van der Waals surface area contributed by atoms with Crippen molar-refractivity contribution >= 4 is 5.82 Å². The second-order valence-electron chi connectivity index (χ2n) is 4.68. The molecule has 2 aromatic heterocycles. The van der Waals surface area contributed by atoms with Crippen molar-refractivity contribution in [3.63, 3.8) is 0 Å². The van der Waals surface area contributed by atoms with E-state index in [1.165, 1.54) is 24.4 Å². The Balaban J connectivity index is 2.24. The van der Waals surface area contributed by atoms with Crippen LogP contribution in [-0.2, 0) is 0 Å². The number of rotatable bonds is 2. The molecule has 106 valence electrons. The molecule has 21 heavy (non-hydrogen) atoms. The average molecular weight is 285 g/mol. The van der Waals surface area contributed by atoms with E-state index in [-0.39, 0.29) is 17.0 Å². The number of pyridine rings is 1. The fraction of sp³-hybridized carbons (Fsp3) is 0.0667. The van der Waals surface area contributed by atoms with E-state index in [9.17, 15) is 9.18 Å². The van der Waals surface area contributed by atoms with Crippen LogP contribution in [0.1, 0.15) is 5.69 Å². The number of anilines is 1. The number of nitrogens with two attached hydrogens (primary N) is 1. The van der Waals surface area contributed by atoms with Gasteiger partial charge in [0.15, 0.2) is 17.0 Å². The third-order valence-corrected chi connectivity index (χ3v) is 3.13. The first kappa shape index (κ1) is 13.1. The average Bonchev–Trinajstić information content (AvgIpc) is 2.80. The maximum Gasteiger partial charge on any atom is 0.192 e. The number of hydrogen-bond donors (Lipinski definition) is 2. The summed E-state index contributed by atoms with van der Waals surface area (Å²) in [5, 5.41) is 3.69. The summed E-state index contributed by atoms with van der Waals surface area (Å²) >= 11 is 0. The van der Waals surface area contributed by atoms with E-state index in [1.54, 1.807) is 19.1 Å². The Morgan fingerprint density at radius 1 is 1.33 bits per heavy atom. The van der Waals surface area contributed by atoms with Gasteiger partial charge in [0.25, 0.3) is 0 Å². The van der Waals surface area contributed by atoms with Crippen molar-refractivity contribution in [1.29, 1.82) is 0 Å². The van der Waals surface area contributed by atoms with Crippen LogP contribution >= 0.6 is 0 Å². The number of nitrogen functional groups attached to an aromatic ring is 1. The molecule has 0 aliphatic rings. The number of H-pyrrole nitrogens is 1. The largest absolute Gasteiger partial charge is 0.380 e. The van der Waals surface area contributed by atoms with E-state index >= 15 is 0 Å². The van der Waals surface area contributed by atoms with Gasteiger partial charge in [0.05, 0.1) is 11.1 Å². The second-order valence-corrected chi connectivity index (χ2v) is 4.68. The molecule has 0 aliphatic carbocycles. The molecule has 0 unspecified atom stereocenters. The third-order valence-electron chi connectivity index (χ3n) is 3.13.